The number of cyclic esters (lactones) is 1. The average molecular weight is 510 g/mol. The molecule has 2 atom stereocenters. The van der Waals surface area contributed by atoms with Gasteiger partial charge in [-0.05, 0) is 30.3 Å². The van der Waals surface area contributed by atoms with E-state index in [4.69, 9.17) is 9.47 Å². The Morgan fingerprint density at radius 3 is 2.70 bits per heavy atom. The van der Waals surface area contributed by atoms with Crippen molar-refractivity contribution in [1.29, 1.82) is 5.26 Å². The second kappa shape index (κ2) is 10.2. The number of carbonyl (C=O) groups excluding carboxylic acids is 2. The lowest BCUT2D eigenvalue weighted by Crippen LogP contribution is -2.60. The fraction of sp³-hybridized carbons (Fsp3) is 0.444. The Labute approximate surface area is 216 Å². The van der Waals surface area contributed by atoms with Gasteiger partial charge in [-0.2, -0.15) is 5.26 Å². The summed E-state index contributed by atoms with van der Waals surface area (Å²) in [5.41, 5.74) is 0.0799. The van der Waals surface area contributed by atoms with Gasteiger partial charge >= 0.3 is 6.09 Å². The summed E-state index contributed by atoms with van der Waals surface area (Å²) in [5, 5.41) is 16.3. The maximum Gasteiger partial charge on any atom is 0.414 e. The summed E-state index contributed by atoms with van der Waals surface area (Å²) >= 11 is 0. The van der Waals surface area contributed by atoms with Crippen LogP contribution < -0.4 is 25.2 Å². The summed E-state index contributed by atoms with van der Waals surface area (Å²) in [6.07, 6.45) is -0.626. The number of hydrogen-bond acceptors (Lipinski definition) is 7. The first-order valence-corrected chi connectivity index (χ1v) is 12.2. The monoisotopic (exact) mass is 509 g/mol. The molecule has 0 aliphatic carbocycles. The molecular formula is C27H32FN5O4. The first-order chi connectivity index (χ1) is 17.6. The number of ether oxygens (including phenoxy) is 2. The van der Waals surface area contributed by atoms with Crippen LogP contribution in [0.3, 0.4) is 0 Å². The predicted molar refractivity (Wildman–Crippen MR) is 138 cm³/mol. The van der Waals surface area contributed by atoms with Gasteiger partial charge in [0.15, 0.2) is 0 Å². The van der Waals surface area contributed by atoms with Crippen molar-refractivity contribution < 1.29 is 23.5 Å². The summed E-state index contributed by atoms with van der Waals surface area (Å²) in [6.45, 7) is 6.68. The maximum atomic E-state index is 15.4. The molecule has 2 amide bonds. The Hall–Kier alpha value is -4.00. The van der Waals surface area contributed by atoms with Crippen LogP contribution in [0, 0.1) is 22.6 Å². The number of piperidine rings is 1. The molecule has 2 saturated heterocycles. The highest BCUT2D eigenvalue weighted by atomic mass is 19.1. The van der Waals surface area contributed by atoms with Gasteiger partial charge in [0, 0.05) is 31.8 Å². The molecule has 2 N–H and O–H groups in total. The van der Waals surface area contributed by atoms with E-state index in [1.807, 2.05) is 43.0 Å². The van der Waals surface area contributed by atoms with Gasteiger partial charge in [0.05, 0.1) is 43.3 Å². The SMILES string of the molecule is COc1ccccc1NC1(C#N)CCN(c2ccc(N3CC(CNC(C)=O)OC3=O)cc2F)CC1(C)C. The number of hydrogen-bond donors (Lipinski definition) is 2. The van der Waals surface area contributed by atoms with E-state index in [1.165, 1.54) is 17.9 Å². The van der Waals surface area contributed by atoms with Crippen LogP contribution in [0.1, 0.15) is 27.2 Å². The van der Waals surface area contributed by atoms with E-state index in [-0.39, 0.29) is 19.0 Å². The minimum absolute atomic E-state index is 0.199. The lowest BCUT2D eigenvalue weighted by Gasteiger charge is -2.51. The van der Waals surface area contributed by atoms with E-state index in [9.17, 15) is 14.9 Å². The van der Waals surface area contributed by atoms with E-state index < -0.39 is 29.0 Å². The first kappa shape index (κ1) is 26.1. The van der Waals surface area contributed by atoms with Gasteiger partial charge in [-0.15, -0.1) is 0 Å². The van der Waals surface area contributed by atoms with E-state index in [0.29, 0.717) is 36.6 Å². The number of nitrogens with zero attached hydrogens (tertiary/aromatic N) is 3. The predicted octanol–water partition coefficient (Wildman–Crippen LogP) is 3.91. The van der Waals surface area contributed by atoms with Crippen LogP contribution in [0.2, 0.25) is 0 Å². The molecule has 196 valence electrons. The zero-order valence-electron chi connectivity index (χ0n) is 21.5. The zero-order chi connectivity index (χ0) is 26.8. The van der Waals surface area contributed by atoms with Crippen molar-refractivity contribution in [2.24, 2.45) is 5.41 Å². The van der Waals surface area contributed by atoms with Crippen molar-refractivity contribution in [1.82, 2.24) is 5.32 Å². The molecule has 4 rings (SSSR count). The fourth-order valence-corrected chi connectivity index (χ4v) is 5.00. The second-order valence-electron chi connectivity index (χ2n) is 10.1. The second-order valence-corrected chi connectivity index (χ2v) is 10.1. The maximum absolute atomic E-state index is 15.4. The number of carbonyl (C=O) groups is 2. The van der Waals surface area contributed by atoms with Crippen LogP contribution in [0.15, 0.2) is 42.5 Å². The van der Waals surface area contributed by atoms with Crippen molar-refractivity contribution in [2.45, 2.75) is 38.8 Å². The lowest BCUT2D eigenvalue weighted by atomic mass is 9.68. The number of nitriles is 1. The zero-order valence-corrected chi connectivity index (χ0v) is 21.5. The van der Waals surface area contributed by atoms with Crippen molar-refractivity contribution in [3.8, 4) is 11.8 Å². The van der Waals surface area contributed by atoms with Crippen LogP contribution in [0.5, 0.6) is 5.75 Å². The molecule has 0 spiro atoms. The molecule has 2 fully saturated rings. The Kier molecular flexibility index (Phi) is 7.16. The van der Waals surface area contributed by atoms with Crippen LogP contribution in [0.25, 0.3) is 0 Å². The van der Waals surface area contributed by atoms with Gasteiger partial charge in [-0.25, -0.2) is 9.18 Å². The summed E-state index contributed by atoms with van der Waals surface area (Å²) in [7, 11) is 1.59. The summed E-state index contributed by atoms with van der Waals surface area (Å²) in [4.78, 5) is 26.8. The topological polar surface area (TPSA) is 107 Å². The molecule has 2 aliphatic rings. The van der Waals surface area contributed by atoms with Crippen molar-refractivity contribution in [3.63, 3.8) is 0 Å². The van der Waals surface area contributed by atoms with E-state index in [1.54, 1.807) is 19.2 Å². The highest BCUT2D eigenvalue weighted by molar-refractivity contribution is 5.90. The molecular weight excluding hydrogens is 477 g/mol. The quantitative estimate of drug-likeness (QED) is 0.583. The molecule has 0 aromatic heterocycles. The molecule has 2 aromatic carbocycles. The summed E-state index contributed by atoms with van der Waals surface area (Å²) in [5.74, 6) is -0.0295. The number of para-hydroxylation sites is 2. The highest BCUT2D eigenvalue weighted by Gasteiger charge is 2.50. The minimum Gasteiger partial charge on any atom is -0.495 e. The number of amides is 2. The first-order valence-electron chi connectivity index (χ1n) is 12.2. The van der Waals surface area contributed by atoms with Crippen molar-refractivity contribution >= 4 is 29.1 Å². The lowest BCUT2D eigenvalue weighted by molar-refractivity contribution is -0.119. The standard InChI is InChI=1S/C27H32FN5O4/c1-18(34)30-14-20-15-33(25(35)37-20)19-9-10-23(21(28)13-19)32-12-11-27(16-29,26(2,3)17-32)31-22-7-5-6-8-24(22)36-4/h5-10,13,20,31H,11-12,14-15,17H2,1-4H3,(H,30,34). The molecule has 2 aliphatic heterocycles. The number of benzene rings is 2. The number of anilines is 3. The number of methoxy groups -OCH3 is 1. The van der Waals surface area contributed by atoms with Crippen molar-refractivity contribution in [2.75, 3.05) is 48.4 Å². The van der Waals surface area contributed by atoms with Crippen LogP contribution in [0.4, 0.5) is 26.2 Å². The van der Waals surface area contributed by atoms with Gasteiger partial charge < -0.3 is 25.0 Å². The van der Waals surface area contributed by atoms with Crippen molar-refractivity contribution in [3.05, 3.63) is 48.3 Å². The molecule has 2 aromatic rings. The van der Waals surface area contributed by atoms with Crippen LogP contribution >= 0.6 is 0 Å². The molecule has 2 heterocycles. The van der Waals surface area contributed by atoms with E-state index >= 15 is 4.39 Å². The Balaban J connectivity index is 1.50. The third-order valence-corrected chi connectivity index (χ3v) is 7.18. The highest BCUT2D eigenvalue weighted by Crippen LogP contribution is 2.44. The average Bonchev–Trinajstić information content (AvgIpc) is 3.24. The van der Waals surface area contributed by atoms with Gasteiger partial charge in [-0.3, -0.25) is 9.69 Å². The third kappa shape index (κ3) is 5.12. The third-order valence-electron chi connectivity index (χ3n) is 7.18. The molecule has 9 nitrogen and oxygen atoms in total. The molecule has 0 bridgehead atoms. The van der Waals surface area contributed by atoms with Gasteiger partial charge in [0.25, 0.3) is 0 Å². The Morgan fingerprint density at radius 1 is 1.30 bits per heavy atom. The Morgan fingerprint density at radius 2 is 2.05 bits per heavy atom. The number of rotatable bonds is 7. The Bertz CT molecular complexity index is 1230. The van der Waals surface area contributed by atoms with Crippen LogP contribution in [-0.4, -0.2) is 56.9 Å². The van der Waals surface area contributed by atoms with Crippen LogP contribution in [-0.2, 0) is 9.53 Å². The van der Waals surface area contributed by atoms with E-state index in [0.717, 1.165) is 5.69 Å². The number of halogens is 1. The normalized spacial score (nSPS) is 22.7. The van der Waals surface area contributed by atoms with E-state index in [2.05, 4.69) is 16.7 Å². The molecule has 2 unspecified atom stereocenters. The fourth-order valence-electron chi connectivity index (χ4n) is 5.00. The molecule has 10 heteroatoms. The molecule has 37 heavy (non-hydrogen) atoms. The van der Waals surface area contributed by atoms with Gasteiger partial charge in [0.2, 0.25) is 5.91 Å². The molecule has 0 radical (unpaired) electrons. The largest absolute Gasteiger partial charge is 0.495 e. The molecule has 0 saturated carbocycles. The summed E-state index contributed by atoms with van der Waals surface area (Å²) < 4.78 is 26.1. The number of nitrogens with one attached hydrogen (secondary N) is 2. The summed E-state index contributed by atoms with van der Waals surface area (Å²) in [6, 6.07) is 14.6. The smallest absolute Gasteiger partial charge is 0.414 e. The van der Waals surface area contributed by atoms with Gasteiger partial charge in [-0.1, -0.05) is 26.0 Å². The minimum atomic E-state index is -0.892. The van der Waals surface area contributed by atoms with Gasteiger partial charge in [0.1, 0.15) is 23.2 Å².